The Morgan fingerprint density at radius 2 is 2.15 bits per heavy atom. The lowest BCUT2D eigenvalue weighted by molar-refractivity contribution is 0.751. The Kier molecular flexibility index (Phi) is 1.36. The second kappa shape index (κ2) is 2.35. The lowest BCUT2D eigenvalue weighted by atomic mass is 10.4. The van der Waals surface area contributed by atoms with Gasteiger partial charge in [-0.3, -0.25) is 4.57 Å². The van der Waals surface area contributed by atoms with Gasteiger partial charge in [-0.2, -0.15) is 0 Å². The fourth-order valence-electron chi connectivity index (χ4n) is 2.18. The number of anilines is 1. The molecule has 1 aliphatic carbocycles. The van der Waals surface area contributed by atoms with Crippen LogP contribution < -0.4 is 4.90 Å². The molecule has 2 unspecified atom stereocenters. The van der Waals surface area contributed by atoms with Crippen LogP contribution in [-0.2, 0) is 7.05 Å². The maximum Gasteiger partial charge on any atom is 0.225 e. The van der Waals surface area contributed by atoms with Crippen molar-refractivity contribution in [3.05, 3.63) is 4.77 Å². The van der Waals surface area contributed by atoms with Gasteiger partial charge < -0.3 is 4.90 Å². The normalized spacial score (nSPS) is 30.7. The summed E-state index contributed by atoms with van der Waals surface area (Å²) in [4.78, 5) is 2.32. The first-order valence-corrected chi connectivity index (χ1v) is 5.03. The smallest absolute Gasteiger partial charge is 0.225 e. The monoisotopic (exact) mass is 196 g/mol. The van der Waals surface area contributed by atoms with Crippen molar-refractivity contribution in [2.75, 3.05) is 18.0 Å². The van der Waals surface area contributed by atoms with E-state index in [0.29, 0.717) is 4.77 Å². The number of rotatable bonds is 1. The highest BCUT2D eigenvalue weighted by Gasteiger charge is 2.46. The number of hydrogen-bond acceptors (Lipinski definition) is 3. The Morgan fingerprint density at radius 3 is 2.69 bits per heavy atom. The van der Waals surface area contributed by atoms with E-state index in [1.165, 1.54) is 6.42 Å². The number of nitrogens with one attached hydrogen (secondary N) is 1. The largest absolute Gasteiger partial charge is 0.340 e. The van der Waals surface area contributed by atoms with Gasteiger partial charge in [-0.1, -0.05) is 0 Å². The van der Waals surface area contributed by atoms with E-state index in [1.807, 2.05) is 11.6 Å². The second-order valence-corrected chi connectivity index (χ2v) is 4.44. The van der Waals surface area contributed by atoms with Crippen LogP contribution in [0.3, 0.4) is 0 Å². The van der Waals surface area contributed by atoms with Gasteiger partial charge in [0.05, 0.1) is 0 Å². The summed E-state index contributed by atoms with van der Waals surface area (Å²) in [5.41, 5.74) is 0. The second-order valence-electron chi connectivity index (χ2n) is 4.05. The third-order valence-electron chi connectivity index (χ3n) is 3.12. The molecule has 2 heterocycles. The molecule has 2 aliphatic rings. The van der Waals surface area contributed by atoms with Crippen molar-refractivity contribution in [1.29, 1.82) is 0 Å². The summed E-state index contributed by atoms with van der Waals surface area (Å²) < 4.78 is 2.65. The van der Waals surface area contributed by atoms with Crippen LogP contribution in [0.5, 0.6) is 0 Å². The predicted molar refractivity (Wildman–Crippen MR) is 52.2 cm³/mol. The zero-order valence-electron chi connectivity index (χ0n) is 7.53. The van der Waals surface area contributed by atoms with Crippen molar-refractivity contribution < 1.29 is 0 Å². The minimum absolute atomic E-state index is 0.704. The quantitative estimate of drug-likeness (QED) is 0.679. The first-order chi connectivity index (χ1) is 6.25. The Balaban J connectivity index is 1.92. The van der Waals surface area contributed by atoms with Gasteiger partial charge in [-0.15, -0.1) is 5.10 Å². The van der Waals surface area contributed by atoms with Crippen LogP contribution in [-0.4, -0.2) is 27.9 Å². The average molecular weight is 196 g/mol. The Bertz CT molecular complexity index is 383. The fraction of sp³-hybridized carbons (Fsp3) is 0.750. The zero-order valence-corrected chi connectivity index (χ0v) is 8.34. The summed E-state index contributed by atoms with van der Waals surface area (Å²) >= 11 is 5.07. The molecule has 0 bridgehead atoms. The molecule has 0 amide bonds. The molecule has 70 valence electrons. The summed E-state index contributed by atoms with van der Waals surface area (Å²) in [5, 5.41) is 7.04. The highest BCUT2D eigenvalue weighted by atomic mass is 32.1. The minimum Gasteiger partial charge on any atom is -0.340 e. The topological polar surface area (TPSA) is 36.9 Å². The van der Waals surface area contributed by atoms with Gasteiger partial charge in [0.15, 0.2) is 4.77 Å². The van der Waals surface area contributed by atoms with Crippen LogP contribution in [0.25, 0.3) is 0 Å². The molecule has 1 saturated heterocycles. The van der Waals surface area contributed by atoms with Crippen molar-refractivity contribution in [2.45, 2.75) is 6.42 Å². The molecule has 5 heteroatoms. The molecule has 0 spiro atoms. The molecule has 0 aromatic carbocycles. The maximum absolute atomic E-state index is 5.07. The Labute approximate surface area is 81.6 Å². The Morgan fingerprint density at radius 1 is 1.46 bits per heavy atom. The highest BCUT2D eigenvalue weighted by molar-refractivity contribution is 7.71. The van der Waals surface area contributed by atoms with E-state index in [4.69, 9.17) is 12.2 Å². The predicted octanol–water partition coefficient (Wildman–Crippen LogP) is 0.934. The van der Waals surface area contributed by atoms with E-state index in [-0.39, 0.29) is 0 Å². The van der Waals surface area contributed by atoms with Crippen molar-refractivity contribution in [2.24, 2.45) is 18.9 Å². The lowest BCUT2D eigenvalue weighted by Gasteiger charge is -2.17. The maximum atomic E-state index is 5.07. The molecule has 2 atom stereocenters. The van der Waals surface area contributed by atoms with Crippen molar-refractivity contribution in [1.82, 2.24) is 14.8 Å². The number of aromatic nitrogens is 3. The molecule has 1 saturated carbocycles. The van der Waals surface area contributed by atoms with Gasteiger partial charge in [-0.05, 0) is 30.5 Å². The van der Waals surface area contributed by atoms with Crippen LogP contribution >= 0.6 is 12.2 Å². The molecule has 1 N–H and O–H groups in total. The minimum atomic E-state index is 0.704. The number of H-pyrrole nitrogens is 1. The molecule has 0 radical (unpaired) electrons. The van der Waals surface area contributed by atoms with Crippen LogP contribution in [0.15, 0.2) is 0 Å². The van der Waals surface area contributed by atoms with Crippen LogP contribution in [0, 0.1) is 16.6 Å². The first-order valence-electron chi connectivity index (χ1n) is 4.62. The van der Waals surface area contributed by atoms with E-state index in [2.05, 4.69) is 15.1 Å². The van der Waals surface area contributed by atoms with E-state index in [1.54, 1.807) is 0 Å². The summed E-state index contributed by atoms with van der Waals surface area (Å²) in [6, 6.07) is 0. The van der Waals surface area contributed by atoms with E-state index in [0.717, 1.165) is 30.9 Å². The molecule has 3 rings (SSSR count). The number of nitrogens with zero attached hydrogens (tertiary/aromatic N) is 3. The van der Waals surface area contributed by atoms with Crippen molar-refractivity contribution >= 4 is 18.2 Å². The molecule has 1 aromatic rings. The summed E-state index contributed by atoms with van der Waals surface area (Å²) in [5.74, 6) is 2.87. The lowest BCUT2D eigenvalue weighted by Crippen LogP contribution is -2.24. The third kappa shape index (κ3) is 1.03. The molecular formula is C8H12N4S. The standard InChI is InChI=1S/C8H12N4S/c1-11-7(9-10-8(11)13)12-3-5-2-6(5)4-12/h5-6H,2-4H2,1H3,(H,10,13). The fourth-order valence-corrected chi connectivity index (χ4v) is 2.31. The van der Waals surface area contributed by atoms with Crippen LogP contribution in [0.1, 0.15) is 6.42 Å². The van der Waals surface area contributed by atoms with Crippen LogP contribution in [0.4, 0.5) is 5.95 Å². The van der Waals surface area contributed by atoms with Gasteiger partial charge in [0.25, 0.3) is 0 Å². The summed E-state index contributed by atoms with van der Waals surface area (Å²) in [6.07, 6.45) is 1.42. The number of hydrogen-bond donors (Lipinski definition) is 1. The molecule has 1 aliphatic heterocycles. The molecule has 2 fully saturated rings. The third-order valence-corrected chi connectivity index (χ3v) is 3.48. The van der Waals surface area contributed by atoms with E-state index < -0.39 is 0 Å². The van der Waals surface area contributed by atoms with E-state index >= 15 is 0 Å². The zero-order chi connectivity index (χ0) is 9.00. The van der Waals surface area contributed by atoms with Crippen molar-refractivity contribution in [3.63, 3.8) is 0 Å². The van der Waals surface area contributed by atoms with Gasteiger partial charge in [0.1, 0.15) is 0 Å². The first kappa shape index (κ1) is 7.55. The highest BCUT2D eigenvalue weighted by Crippen LogP contribution is 2.45. The molecule has 4 nitrogen and oxygen atoms in total. The van der Waals surface area contributed by atoms with Gasteiger partial charge in [0.2, 0.25) is 5.95 Å². The van der Waals surface area contributed by atoms with Crippen molar-refractivity contribution in [3.8, 4) is 0 Å². The van der Waals surface area contributed by atoms with Gasteiger partial charge >= 0.3 is 0 Å². The van der Waals surface area contributed by atoms with Crippen LogP contribution in [0.2, 0.25) is 0 Å². The summed E-state index contributed by atoms with van der Waals surface area (Å²) in [6.45, 7) is 2.33. The Hall–Kier alpha value is -0.840. The van der Waals surface area contributed by atoms with E-state index in [9.17, 15) is 0 Å². The molecule has 13 heavy (non-hydrogen) atoms. The summed E-state index contributed by atoms with van der Waals surface area (Å²) in [7, 11) is 1.96. The number of aromatic amines is 1. The number of fused-ring (bicyclic) bond motifs is 1. The average Bonchev–Trinajstić information content (AvgIpc) is 2.58. The molecule has 1 aromatic heterocycles. The number of piperidine rings is 1. The van der Waals surface area contributed by atoms with Gasteiger partial charge in [-0.25, -0.2) is 5.10 Å². The van der Waals surface area contributed by atoms with Gasteiger partial charge in [0, 0.05) is 20.1 Å². The SMILES string of the molecule is Cn1c(N2CC3CC3C2)n[nH]c1=S. The molecular weight excluding hydrogens is 184 g/mol.